The summed E-state index contributed by atoms with van der Waals surface area (Å²) in [6, 6.07) is 8.80. The zero-order chi connectivity index (χ0) is 21.1. The second-order valence-corrected chi connectivity index (χ2v) is 6.18. The van der Waals surface area contributed by atoms with Crippen molar-refractivity contribution in [3.63, 3.8) is 0 Å². The molecular formula is C19H17F4N3O3. The van der Waals surface area contributed by atoms with E-state index in [9.17, 15) is 22.4 Å². The molecule has 0 atom stereocenters. The van der Waals surface area contributed by atoms with E-state index in [1.807, 2.05) is 0 Å². The first kappa shape index (κ1) is 20.4. The molecule has 1 amide bonds. The smallest absolute Gasteiger partial charge is 0.387 e. The predicted octanol–water partition coefficient (Wildman–Crippen LogP) is 4.38. The van der Waals surface area contributed by atoms with E-state index in [-0.39, 0.29) is 29.5 Å². The predicted molar refractivity (Wildman–Crippen MR) is 96.5 cm³/mol. The number of rotatable bonds is 7. The summed E-state index contributed by atoms with van der Waals surface area (Å²) < 4.78 is 59.8. The lowest BCUT2D eigenvalue weighted by Crippen LogP contribution is -2.26. The summed E-state index contributed by atoms with van der Waals surface area (Å²) >= 11 is 0. The fourth-order valence-corrected chi connectivity index (χ4v) is 2.84. The van der Waals surface area contributed by atoms with Gasteiger partial charge in [-0.3, -0.25) is 4.79 Å². The van der Waals surface area contributed by atoms with Gasteiger partial charge in [-0.25, -0.2) is 13.8 Å². The topological polar surface area (TPSA) is 67.5 Å². The molecule has 0 spiro atoms. The number of methoxy groups -OCH3 is 1. The van der Waals surface area contributed by atoms with Gasteiger partial charge in [0, 0.05) is 19.2 Å². The molecule has 1 heterocycles. The summed E-state index contributed by atoms with van der Waals surface area (Å²) in [4.78, 5) is 20.3. The van der Waals surface area contributed by atoms with Crippen molar-refractivity contribution in [3.8, 4) is 11.5 Å². The molecule has 0 bridgehead atoms. The van der Waals surface area contributed by atoms with Crippen LogP contribution in [0.5, 0.6) is 11.5 Å². The highest BCUT2D eigenvalue weighted by Crippen LogP contribution is 2.30. The van der Waals surface area contributed by atoms with Gasteiger partial charge in [0.2, 0.25) is 0 Å². The van der Waals surface area contributed by atoms with Crippen molar-refractivity contribution in [3.05, 3.63) is 53.3 Å². The third-order valence-corrected chi connectivity index (χ3v) is 4.16. The van der Waals surface area contributed by atoms with Crippen LogP contribution in [0.25, 0.3) is 11.0 Å². The number of benzene rings is 2. The minimum atomic E-state index is -2.98. The second kappa shape index (κ2) is 8.38. The summed E-state index contributed by atoms with van der Waals surface area (Å²) in [5.41, 5.74) is 1.57. The van der Waals surface area contributed by atoms with E-state index >= 15 is 0 Å². The number of ether oxygens (including phenoxy) is 2. The standard InChI is InChI=1S/C19H17F4N3O3/c1-26(9-10-3-6-14(29-19(22)23)15(7-10)28-2)18(27)11-4-5-12-13(8-11)25-17(24-12)16(20)21/h3-8,16,19H,9H2,1-2H3,(H,24,25). The number of carbonyl (C=O) groups is 1. The van der Waals surface area contributed by atoms with Gasteiger partial charge in [0.25, 0.3) is 12.3 Å². The van der Waals surface area contributed by atoms with Crippen molar-refractivity contribution >= 4 is 16.9 Å². The minimum absolute atomic E-state index is 0.111. The number of carbonyl (C=O) groups excluding carboxylic acids is 1. The number of hydrogen-bond acceptors (Lipinski definition) is 4. The Morgan fingerprint density at radius 1 is 1.14 bits per heavy atom. The largest absolute Gasteiger partial charge is 0.493 e. The average Bonchev–Trinajstić information content (AvgIpc) is 3.11. The first-order valence-electron chi connectivity index (χ1n) is 8.43. The number of H-pyrrole nitrogens is 1. The van der Waals surface area contributed by atoms with Gasteiger partial charge in [-0.05, 0) is 35.9 Å². The van der Waals surface area contributed by atoms with Crippen molar-refractivity contribution < 1.29 is 31.8 Å². The Morgan fingerprint density at radius 2 is 1.90 bits per heavy atom. The zero-order valence-electron chi connectivity index (χ0n) is 15.5. The second-order valence-electron chi connectivity index (χ2n) is 6.18. The lowest BCUT2D eigenvalue weighted by Gasteiger charge is -2.18. The fraction of sp³-hybridized carbons (Fsp3) is 0.263. The van der Waals surface area contributed by atoms with E-state index in [1.54, 1.807) is 7.05 Å². The Kier molecular flexibility index (Phi) is 5.90. The molecule has 0 saturated heterocycles. The van der Waals surface area contributed by atoms with E-state index in [4.69, 9.17) is 4.74 Å². The van der Waals surface area contributed by atoms with Gasteiger partial charge in [-0.1, -0.05) is 6.07 Å². The highest BCUT2D eigenvalue weighted by Gasteiger charge is 2.17. The van der Waals surface area contributed by atoms with Gasteiger partial charge in [-0.15, -0.1) is 0 Å². The van der Waals surface area contributed by atoms with E-state index in [1.165, 1.54) is 48.4 Å². The maximum absolute atomic E-state index is 12.8. The molecule has 0 radical (unpaired) electrons. The molecule has 0 aliphatic carbocycles. The van der Waals surface area contributed by atoms with Gasteiger partial charge < -0.3 is 19.4 Å². The van der Waals surface area contributed by atoms with Crippen LogP contribution in [0.2, 0.25) is 0 Å². The number of hydrogen-bond donors (Lipinski definition) is 1. The molecular weight excluding hydrogens is 394 g/mol. The molecule has 3 aromatic rings. The summed E-state index contributed by atoms with van der Waals surface area (Å²) in [6.07, 6.45) is -2.74. The fourth-order valence-electron chi connectivity index (χ4n) is 2.84. The molecule has 0 aliphatic rings. The summed E-state index contributed by atoms with van der Waals surface area (Å²) in [5.74, 6) is -0.815. The quantitative estimate of drug-likeness (QED) is 0.586. The number of imidazole rings is 1. The van der Waals surface area contributed by atoms with E-state index in [0.717, 1.165) is 0 Å². The van der Waals surface area contributed by atoms with Gasteiger partial charge in [0.1, 0.15) is 0 Å². The maximum Gasteiger partial charge on any atom is 0.387 e. The molecule has 6 nitrogen and oxygen atoms in total. The molecule has 154 valence electrons. The third-order valence-electron chi connectivity index (χ3n) is 4.16. The summed E-state index contributed by atoms with van der Waals surface area (Å²) in [6.45, 7) is -2.82. The van der Waals surface area contributed by atoms with E-state index < -0.39 is 18.9 Å². The van der Waals surface area contributed by atoms with Crippen LogP contribution in [0.4, 0.5) is 17.6 Å². The Labute approximate surface area is 163 Å². The monoisotopic (exact) mass is 411 g/mol. The lowest BCUT2D eigenvalue weighted by molar-refractivity contribution is -0.0512. The lowest BCUT2D eigenvalue weighted by atomic mass is 10.1. The number of fused-ring (bicyclic) bond motifs is 1. The Morgan fingerprint density at radius 3 is 2.55 bits per heavy atom. The van der Waals surface area contributed by atoms with Crippen molar-refractivity contribution in [1.29, 1.82) is 0 Å². The third kappa shape index (κ3) is 4.58. The Balaban J connectivity index is 1.77. The Hall–Kier alpha value is -3.30. The molecule has 0 fully saturated rings. The van der Waals surface area contributed by atoms with Crippen molar-refractivity contribution in [1.82, 2.24) is 14.9 Å². The molecule has 0 unspecified atom stereocenters. The van der Waals surface area contributed by atoms with Crippen LogP contribution >= 0.6 is 0 Å². The number of amides is 1. The molecule has 10 heteroatoms. The van der Waals surface area contributed by atoms with Crippen LogP contribution in [0.1, 0.15) is 28.2 Å². The molecule has 2 aromatic carbocycles. The van der Waals surface area contributed by atoms with Crippen LogP contribution in [0.15, 0.2) is 36.4 Å². The van der Waals surface area contributed by atoms with Gasteiger partial charge in [0.15, 0.2) is 17.3 Å². The number of alkyl halides is 4. The normalized spacial score (nSPS) is 11.3. The number of nitrogens with one attached hydrogen (secondary N) is 1. The zero-order valence-corrected chi connectivity index (χ0v) is 15.5. The summed E-state index contributed by atoms with van der Waals surface area (Å²) in [5, 5.41) is 0. The highest BCUT2D eigenvalue weighted by atomic mass is 19.3. The maximum atomic E-state index is 12.8. The number of halogens is 4. The van der Waals surface area contributed by atoms with Gasteiger partial charge >= 0.3 is 6.61 Å². The molecule has 3 rings (SSSR count). The van der Waals surface area contributed by atoms with Gasteiger partial charge in [-0.2, -0.15) is 8.78 Å². The van der Waals surface area contributed by atoms with Crippen LogP contribution in [0.3, 0.4) is 0 Å². The Bertz CT molecular complexity index is 1020. The molecule has 29 heavy (non-hydrogen) atoms. The SMILES string of the molecule is COc1cc(CN(C)C(=O)c2ccc3nc(C(F)F)[nH]c3c2)ccc1OC(F)F. The molecule has 1 aromatic heterocycles. The van der Waals surface area contributed by atoms with Crippen LogP contribution < -0.4 is 9.47 Å². The van der Waals surface area contributed by atoms with Crippen LogP contribution in [-0.4, -0.2) is 41.5 Å². The van der Waals surface area contributed by atoms with Crippen molar-refractivity contribution in [2.24, 2.45) is 0 Å². The number of aromatic amines is 1. The minimum Gasteiger partial charge on any atom is -0.493 e. The summed E-state index contributed by atoms with van der Waals surface area (Å²) in [7, 11) is 2.87. The molecule has 0 saturated carbocycles. The van der Waals surface area contributed by atoms with Gasteiger partial charge in [0.05, 0.1) is 18.1 Å². The number of nitrogens with zero attached hydrogens (tertiary/aromatic N) is 2. The number of aromatic nitrogens is 2. The molecule has 0 aliphatic heterocycles. The van der Waals surface area contributed by atoms with E-state index in [0.29, 0.717) is 16.6 Å². The first-order valence-corrected chi connectivity index (χ1v) is 8.43. The molecule has 1 N–H and O–H groups in total. The highest BCUT2D eigenvalue weighted by molar-refractivity contribution is 5.97. The van der Waals surface area contributed by atoms with Crippen molar-refractivity contribution in [2.75, 3.05) is 14.2 Å². The van der Waals surface area contributed by atoms with Crippen LogP contribution in [-0.2, 0) is 6.54 Å². The van der Waals surface area contributed by atoms with E-state index in [2.05, 4.69) is 14.7 Å². The van der Waals surface area contributed by atoms with Crippen LogP contribution in [0, 0.1) is 0 Å². The van der Waals surface area contributed by atoms with Crippen molar-refractivity contribution in [2.45, 2.75) is 19.6 Å². The average molecular weight is 411 g/mol. The first-order chi connectivity index (χ1) is 13.8.